The molecule has 0 saturated carbocycles. The maximum atomic E-state index is 13.1. The number of phenols is 1. The van der Waals surface area contributed by atoms with Gasteiger partial charge < -0.3 is 25.6 Å². The summed E-state index contributed by atoms with van der Waals surface area (Å²) in [5.41, 5.74) is 8.04. The van der Waals surface area contributed by atoms with Crippen molar-refractivity contribution in [3.05, 3.63) is 103 Å². The second kappa shape index (κ2) is 13.5. The average Bonchev–Trinajstić information content (AvgIpc) is 2.96. The number of fused-ring (bicyclic) bond motifs is 1. The SMILES string of the molecule is CCO[C@H](/C=C/C(=O)Nc1ccccc1N)[C@H](OC(=O)Nc1ccc(SC)cc1)c1ccc(O)c2ccccc12. The van der Waals surface area contributed by atoms with Gasteiger partial charge in [-0.3, -0.25) is 10.1 Å². The van der Waals surface area contributed by atoms with Crippen molar-refractivity contribution in [1.82, 2.24) is 0 Å². The quantitative estimate of drug-likeness (QED) is 0.0967. The molecule has 5 N–H and O–H groups in total. The van der Waals surface area contributed by atoms with Gasteiger partial charge in [-0.1, -0.05) is 42.5 Å². The van der Waals surface area contributed by atoms with Crippen molar-refractivity contribution in [3.8, 4) is 5.75 Å². The first kappa shape index (κ1) is 28.5. The second-order valence-electron chi connectivity index (χ2n) is 8.75. The third-order valence-corrected chi connectivity index (χ3v) is 6.87. The van der Waals surface area contributed by atoms with E-state index in [1.165, 1.54) is 6.08 Å². The predicted octanol–water partition coefficient (Wildman–Crippen LogP) is 6.74. The summed E-state index contributed by atoms with van der Waals surface area (Å²) in [6.45, 7) is 2.10. The summed E-state index contributed by atoms with van der Waals surface area (Å²) in [7, 11) is 0. The van der Waals surface area contributed by atoms with Crippen molar-refractivity contribution >= 4 is 51.6 Å². The normalized spacial score (nSPS) is 12.7. The minimum Gasteiger partial charge on any atom is -0.507 e. The number of hydrogen-bond acceptors (Lipinski definition) is 7. The molecule has 0 bridgehead atoms. The Balaban J connectivity index is 1.66. The minimum absolute atomic E-state index is 0.0970. The molecule has 0 fully saturated rings. The van der Waals surface area contributed by atoms with Crippen molar-refractivity contribution in [2.75, 3.05) is 29.2 Å². The lowest BCUT2D eigenvalue weighted by molar-refractivity contribution is -0.112. The maximum Gasteiger partial charge on any atom is 0.412 e. The van der Waals surface area contributed by atoms with E-state index in [1.807, 2.05) is 43.5 Å². The van der Waals surface area contributed by atoms with Crippen LogP contribution >= 0.6 is 11.8 Å². The number of carbonyl (C=O) groups excluding carboxylic acids is 2. The van der Waals surface area contributed by atoms with E-state index in [0.717, 1.165) is 4.90 Å². The van der Waals surface area contributed by atoms with Gasteiger partial charge >= 0.3 is 6.09 Å². The Hall–Kier alpha value is -4.47. The van der Waals surface area contributed by atoms with Crippen LogP contribution in [0, 0.1) is 0 Å². The fraction of sp³-hybridized carbons (Fsp3) is 0.161. The molecule has 0 aliphatic rings. The molecule has 40 heavy (non-hydrogen) atoms. The zero-order chi connectivity index (χ0) is 28.5. The van der Waals surface area contributed by atoms with E-state index >= 15 is 0 Å². The highest BCUT2D eigenvalue weighted by Gasteiger charge is 2.28. The molecule has 4 aromatic carbocycles. The molecule has 206 valence electrons. The number of thioether (sulfide) groups is 1. The van der Waals surface area contributed by atoms with E-state index < -0.39 is 24.2 Å². The highest BCUT2D eigenvalue weighted by atomic mass is 32.2. The number of nitrogens with one attached hydrogen (secondary N) is 2. The van der Waals surface area contributed by atoms with Crippen molar-refractivity contribution in [1.29, 1.82) is 0 Å². The second-order valence-corrected chi connectivity index (χ2v) is 9.63. The molecule has 0 aliphatic carbocycles. The molecule has 2 atom stereocenters. The van der Waals surface area contributed by atoms with Gasteiger partial charge in [0, 0.05) is 34.2 Å². The molecule has 0 aromatic heterocycles. The van der Waals surface area contributed by atoms with E-state index in [0.29, 0.717) is 33.4 Å². The van der Waals surface area contributed by atoms with E-state index in [4.69, 9.17) is 15.2 Å². The molecule has 0 saturated heterocycles. The average molecular weight is 558 g/mol. The number of amides is 2. The van der Waals surface area contributed by atoms with Crippen LogP contribution in [0.5, 0.6) is 5.75 Å². The van der Waals surface area contributed by atoms with E-state index in [2.05, 4.69) is 10.6 Å². The van der Waals surface area contributed by atoms with Crippen LogP contribution in [0.4, 0.5) is 21.9 Å². The van der Waals surface area contributed by atoms with Crippen LogP contribution in [0.15, 0.2) is 102 Å². The number of para-hydroxylation sites is 2. The summed E-state index contributed by atoms with van der Waals surface area (Å²) in [6.07, 6.45) is 2.36. The Kier molecular flexibility index (Phi) is 9.66. The molecular weight excluding hydrogens is 526 g/mol. The number of nitrogens with two attached hydrogens (primary N) is 1. The number of rotatable bonds is 10. The Morgan fingerprint density at radius 3 is 2.35 bits per heavy atom. The smallest absolute Gasteiger partial charge is 0.412 e. The highest BCUT2D eigenvalue weighted by Crippen LogP contribution is 2.35. The first-order valence-corrected chi connectivity index (χ1v) is 13.9. The van der Waals surface area contributed by atoms with Crippen LogP contribution in [0.2, 0.25) is 0 Å². The van der Waals surface area contributed by atoms with Crippen molar-refractivity contribution in [2.45, 2.75) is 24.0 Å². The fourth-order valence-corrected chi connectivity index (χ4v) is 4.61. The lowest BCUT2D eigenvalue weighted by Crippen LogP contribution is -2.28. The van der Waals surface area contributed by atoms with Gasteiger partial charge in [-0.2, -0.15) is 0 Å². The first-order chi connectivity index (χ1) is 19.4. The Bertz CT molecular complexity index is 1510. The van der Waals surface area contributed by atoms with E-state index in [1.54, 1.807) is 72.4 Å². The van der Waals surface area contributed by atoms with Crippen LogP contribution < -0.4 is 16.4 Å². The van der Waals surface area contributed by atoms with Crippen LogP contribution in [-0.2, 0) is 14.3 Å². The maximum absolute atomic E-state index is 13.1. The molecule has 8 nitrogen and oxygen atoms in total. The van der Waals surface area contributed by atoms with Crippen LogP contribution in [0.1, 0.15) is 18.6 Å². The number of anilines is 3. The summed E-state index contributed by atoms with van der Waals surface area (Å²) < 4.78 is 11.9. The zero-order valence-corrected chi connectivity index (χ0v) is 23.0. The molecule has 9 heteroatoms. The Labute approximate surface area is 237 Å². The number of nitrogen functional groups attached to an aromatic ring is 1. The standard InChI is InChI=1S/C31H31N3O5S/c1-3-38-28(18-19-29(36)34-26-11-7-6-10-25(26)32)30(24-16-17-27(35)23-9-5-4-8-22(23)24)39-31(37)33-20-12-14-21(40-2)15-13-20/h4-19,28,30,35H,3,32H2,1-2H3,(H,33,37)(H,34,36)/b19-18+/t28-,30-/m1/s1. The van der Waals surface area contributed by atoms with Gasteiger partial charge in [0.2, 0.25) is 5.91 Å². The van der Waals surface area contributed by atoms with Gasteiger partial charge in [-0.25, -0.2) is 4.79 Å². The predicted molar refractivity (Wildman–Crippen MR) is 161 cm³/mol. The van der Waals surface area contributed by atoms with Gasteiger partial charge in [0.15, 0.2) is 6.10 Å². The molecule has 0 unspecified atom stereocenters. The molecule has 0 heterocycles. The lowest BCUT2D eigenvalue weighted by Gasteiger charge is -2.26. The summed E-state index contributed by atoms with van der Waals surface area (Å²) in [4.78, 5) is 26.9. The number of carbonyl (C=O) groups is 2. The van der Waals surface area contributed by atoms with Crippen molar-refractivity contribution in [3.63, 3.8) is 0 Å². The molecule has 0 spiro atoms. The summed E-state index contributed by atoms with van der Waals surface area (Å²) in [6, 6.07) is 24.8. The van der Waals surface area contributed by atoms with Gasteiger partial charge in [-0.15, -0.1) is 11.8 Å². The van der Waals surface area contributed by atoms with Gasteiger partial charge in [0.25, 0.3) is 0 Å². The van der Waals surface area contributed by atoms with Gasteiger partial charge in [-0.05, 0) is 67.1 Å². The largest absolute Gasteiger partial charge is 0.507 e. The first-order valence-electron chi connectivity index (χ1n) is 12.7. The number of aromatic hydroxyl groups is 1. The fourth-order valence-electron chi connectivity index (χ4n) is 4.20. The third-order valence-electron chi connectivity index (χ3n) is 6.13. The summed E-state index contributed by atoms with van der Waals surface area (Å²) in [5, 5.41) is 17.2. The Morgan fingerprint density at radius 1 is 0.950 bits per heavy atom. The van der Waals surface area contributed by atoms with Crippen LogP contribution in [0.25, 0.3) is 10.8 Å². The molecule has 0 aliphatic heterocycles. The molecule has 0 radical (unpaired) electrons. The van der Waals surface area contributed by atoms with E-state index in [-0.39, 0.29) is 12.4 Å². The molecule has 4 rings (SSSR count). The lowest BCUT2D eigenvalue weighted by atomic mass is 9.96. The molecule has 4 aromatic rings. The Morgan fingerprint density at radius 2 is 1.65 bits per heavy atom. The van der Waals surface area contributed by atoms with Crippen LogP contribution in [0.3, 0.4) is 0 Å². The van der Waals surface area contributed by atoms with Crippen molar-refractivity contribution < 1.29 is 24.2 Å². The number of hydrogen-bond donors (Lipinski definition) is 4. The third kappa shape index (κ3) is 7.13. The topological polar surface area (TPSA) is 123 Å². The number of phenolic OH excluding ortho intramolecular Hbond substituents is 1. The van der Waals surface area contributed by atoms with E-state index in [9.17, 15) is 14.7 Å². The summed E-state index contributed by atoms with van der Waals surface area (Å²) in [5.74, 6) is -0.324. The van der Waals surface area contributed by atoms with Crippen molar-refractivity contribution in [2.24, 2.45) is 0 Å². The highest BCUT2D eigenvalue weighted by molar-refractivity contribution is 7.98. The number of ether oxygens (including phenoxy) is 2. The summed E-state index contributed by atoms with van der Waals surface area (Å²) >= 11 is 1.60. The van der Waals surface area contributed by atoms with Gasteiger partial charge in [0.05, 0.1) is 11.4 Å². The molecule has 2 amide bonds. The van der Waals surface area contributed by atoms with Gasteiger partial charge in [0.1, 0.15) is 11.9 Å². The number of benzene rings is 4. The zero-order valence-electron chi connectivity index (χ0n) is 22.2. The minimum atomic E-state index is -0.957. The van der Waals surface area contributed by atoms with Crippen LogP contribution in [-0.4, -0.2) is 36.1 Å². The molecular formula is C31H31N3O5S. The monoisotopic (exact) mass is 557 g/mol.